The number of ether oxygens (including phenoxy) is 1. The minimum atomic E-state index is -0.777. The number of nitrogens with two attached hydrogens (primary N) is 1. The number of amides is 1. The fourth-order valence-electron chi connectivity index (χ4n) is 3.25. The van der Waals surface area contributed by atoms with E-state index < -0.39 is 17.2 Å². The molecule has 168 valence electrons. The van der Waals surface area contributed by atoms with Crippen molar-refractivity contribution in [2.75, 3.05) is 30.9 Å². The highest BCUT2D eigenvalue weighted by Gasteiger charge is 2.26. The van der Waals surface area contributed by atoms with Gasteiger partial charge in [0.1, 0.15) is 5.82 Å². The molecule has 0 spiro atoms. The number of hydrogen-bond acceptors (Lipinski definition) is 5. The van der Waals surface area contributed by atoms with E-state index in [1.165, 1.54) is 28.7 Å². The fraction of sp³-hybridized carbons (Fsp3) is 0.227. The second-order valence-corrected chi connectivity index (χ2v) is 7.84. The Balaban J connectivity index is 2.12. The van der Waals surface area contributed by atoms with Gasteiger partial charge in [0, 0.05) is 25.3 Å². The monoisotopic (exact) mass is 476 g/mol. The van der Waals surface area contributed by atoms with Crippen LogP contribution in [-0.4, -0.2) is 35.7 Å². The first-order chi connectivity index (χ1) is 15.3. The Morgan fingerprint density at radius 3 is 2.56 bits per heavy atom. The molecule has 32 heavy (non-hydrogen) atoms. The predicted octanol–water partition coefficient (Wildman–Crippen LogP) is 3.16. The number of nitrogens with zero attached hydrogens (tertiary/aromatic N) is 2. The van der Waals surface area contributed by atoms with Gasteiger partial charge in [-0.1, -0.05) is 53.5 Å². The van der Waals surface area contributed by atoms with Crippen LogP contribution in [0.4, 0.5) is 11.5 Å². The molecule has 0 saturated heterocycles. The first kappa shape index (κ1) is 23.6. The van der Waals surface area contributed by atoms with Gasteiger partial charge in [0.25, 0.3) is 11.5 Å². The SMILES string of the molecule is COCCCN(C(=O)c1cc(Cl)ccc1Cl)c1c(N)n(Cc2ccccc2)c(=O)[nH]c1=O. The smallest absolute Gasteiger partial charge is 0.330 e. The average molecular weight is 477 g/mol. The summed E-state index contributed by atoms with van der Waals surface area (Å²) in [6, 6.07) is 13.6. The summed E-state index contributed by atoms with van der Waals surface area (Å²) < 4.78 is 6.29. The Morgan fingerprint density at radius 2 is 1.88 bits per heavy atom. The highest BCUT2D eigenvalue weighted by Crippen LogP contribution is 2.26. The van der Waals surface area contributed by atoms with Gasteiger partial charge in [-0.3, -0.25) is 19.1 Å². The number of rotatable bonds is 8. The average Bonchev–Trinajstić information content (AvgIpc) is 2.77. The molecule has 2 aromatic carbocycles. The topological polar surface area (TPSA) is 110 Å². The number of anilines is 2. The maximum atomic E-state index is 13.4. The standard InChI is InChI=1S/C22H22Cl2N4O4/c1-32-11-5-10-27(21(30)16-12-15(23)8-9-17(16)24)18-19(25)28(22(31)26-20(18)29)13-14-6-3-2-4-7-14/h2-4,6-9,12H,5,10-11,13,25H2,1H3,(H,26,29,31). The van der Waals surface area contributed by atoms with Gasteiger partial charge in [-0.25, -0.2) is 4.79 Å². The van der Waals surface area contributed by atoms with Crippen molar-refractivity contribution >= 4 is 40.6 Å². The maximum Gasteiger partial charge on any atom is 0.330 e. The summed E-state index contributed by atoms with van der Waals surface area (Å²) in [5.74, 6) is -0.706. The van der Waals surface area contributed by atoms with Crippen LogP contribution in [0.3, 0.4) is 0 Å². The number of hydrogen-bond donors (Lipinski definition) is 2. The summed E-state index contributed by atoms with van der Waals surface area (Å²) in [4.78, 5) is 42.2. The number of benzene rings is 2. The Morgan fingerprint density at radius 1 is 1.16 bits per heavy atom. The summed E-state index contributed by atoms with van der Waals surface area (Å²) in [6.07, 6.45) is 0.414. The maximum absolute atomic E-state index is 13.4. The van der Waals surface area contributed by atoms with Crippen molar-refractivity contribution in [2.24, 2.45) is 0 Å². The fourth-order valence-corrected chi connectivity index (χ4v) is 3.62. The number of nitrogen functional groups attached to an aromatic ring is 1. The Hall–Kier alpha value is -3.07. The molecule has 10 heteroatoms. The molecule has 3 N–H and O–H groups in total. The third-order valence-electron chi connectivity index (χ3n) is 4.80. The molecule has 3 rings (SSSR count). The van der Waals surface area contributed by atoms with Crippen LogP contribution < -0.4 is 21.9 Å². The predicted molar refractivity (Wildman–Crippen MR) is 126 cm³/mol. The van der Waals surface area contributed by atoms with Crippen LogP contribution in [0.1, 0.15) is 22.3 Å². The van der Waals surface area contributed by atoms with E-state index in [1.54, 1.807) is 6.07 Å². The van der Waals surface area contributed by atoms with Gasteiger partial charge < -0.3 is 15.4 Å². The van der Waals surface area contributed by atoms with E-state index in [0.717, 1.165) is 5.56 Å². The largest absolute Gasteiger partial charge is 0.385 e. The molecule has 0 radical (unpaired) electrons. The molecule has 0 atom stereocenters. The number of carbonyl (C=O) groups excluding carboxylic acids is 1. The number of nitrogens with one attached hydrogen (secondary N) is 1. The van der Waals surface area contributed by atoms with E-state index >= 15 is 0 Å². The van der Waals surface area contributed by atoms with Crippen LogP contribution in [-0.2, 0) is 11.3 Å². The molecule has 0 aliphatic rings. The van der Waals surface area contributed by atoms with Crippen molar-refractivity contribution in [3.8, 4) is 0 Å². The van der Waals surface area contributed by atoms with E-state index in [-0.39, 0.29) is 35.2 Å². The third kappa shape index (κ3) is 5.21. The summed E-state index contributed by atoms with van der Waals surface area (Å²) in [5.41, 5.74) is 5.59. The van der Waals surface area contributed by atoms with E-state index in [9.17, 15) is 14.4 Å². The van der Waals surface area contributed by atoms with Gasteiger partial charge in [0.15, 0.2) is 5.69 Å². The van der Waals surface area contributed by atoms with Crippen molar-refractivity contribution in [2.45, 2.75) is 13.0 Å². The van der Waals surface area contributed by atoms with E-state index in [4.69, 9.17) is 33.7 Å². The number of aromatic nitrogens is 2. The second kappa shape index (κ2) is 10.5. The van der Waals surface area contributed by atoms with E-state index in [1.807, 2.05) is 30.3 Å². The lowest BCUT2D eigenvalue weighted by molar-refractivity contribution is 0.0983. The van der Waals surface area contributed by atoms with Gasteiger partial charge in [-0.05, 0) is 30.2 Å². The van der Waals surface area contributed by atoms with Crippen LogP contribution in [0.15, 0.2) is 58.1 Å². The second-order valence-electron chi connectivity index (χ2n) is 6.99. The number of halogens is 2. The molecule has 1 amide bonds. The first-order valence-electron chi connectivity index (χ1n) is 9.76. The quantitative estimate of drug-likeness (QED) is 0.485. The normalized spacial score (nSPS) is 10.8. The van der Waals surface area contributed by atoms with Crippen LogP contribution in [0.5, 0.6) is 0 Å². The summed E-state index contributed by atoms with van der Waals surface area (Å²) in [5, 5.41) is 0.481. The molecule has 1 aromatic heterocycles. The molecule has 0 unspecified atom stereocenters. The number of methoxy groups -OCH3 is 1. The molecule has 0 bridgehead atoms. The molecule has 1 heterocycles. The minimum absolute atomic E-state index is 0.104. The molecule has 0 fully saturated rings. The zero-order chi connectivity index (χ0) is 23.3. The molecule has 0 saturated carbocycles. The lowest BCUT2D eigenvalue weighted by Gasteiger charge is -2.25. The van der Waals surface area contributed by atoms with Crippen LogP contribution in [0, 0.1) is 0 Å². The minimum Gasteiger partial charge on any atom is -0.385 e. The third-order valence-corrected chi connectivity index (χ3v) is 5.37. The number of carbonyl (C=O) groups is 1. The zero-order valence-electron chi connectivity index (χ0n) is 17.3. The van der Waals surface area contributed by atoms with Crippen LogP contribution >= 0.6 is 23.2 Å². The van der Waals surface area contributed by atoms with Crippen molar-refractivity contribution in [1.29, 1.82) is 0 Å². The molecular formula is C22H22Cl2N4O4. The van der Waals surface area contributed by atoms with Gasteiger partial charge in [-0.15, -0.1) is 0 Å². The Bertz CT molecular complexity index is 1220. The summed E-state index contributed by atoms with van der Waals surface area (Å²) in [7, 11) is 1.53. The zero-order valence-corrected chi connectivity index (χ0v) is 18.8. The highest BCUT2D eigenvalue weighted by atomic mass is 35.5. The van der Waals surface area contributed by atoms with Crippen molar-refractivity contribution < 1.29 is 9.53 Å². The van der Waals surface area contributed by atoms with E-state index in [0.29, 0.717) is 18.1 Å². The molecule has 3 aromatic rings. The van der Waals surface area contributed by atoms with Gasteiger partial charge in [0.05, 0.1) is 17.1 Å². The van der Waals surface area contributed by atoms with Gasteiger partial charge >= 0.3 is 5.69 Å². The lowest BCUT2D eigenvalue weighted by Crippen LogP contribution is -2.42. The highest BCUT2D eigenvalue weighted by molar-refractivity contribution is 6.36. The van der Waals surface area contributed by atoms with Gasteiger partial charge in [0.2, 0.25) is 0 Å². The Labute approximate surface area is 194 Å². The van der Waals surface area contributed by atoms with Crippen molar-refractivity contribution in [1.82, 2.24) is 9.55 Å². The number of aromatic amines is 1. The molecular weight excluding hydrogens is 455 g/mol. The summed E-state index contributed by atoms with van der Waals surface area (Å²) >= 11 is 12.3. The van der Waals surface area contributed by atoms with Crippen molar-refractivity contribution in [3.63, 3.8) is 0 Å². The molecule has 8 nitrogen and oxygen atoms in total. The van der Waals surface area contributed by atoms with Crippen LogP contribution in [0.2, 0.25) is 10.0 Å². The molecule has 0 aliphatic carbocycles. The van der Waals surface area contributed by atoms with Crippen LogP contribution in [0.25, 0.3) is 0 Å². The first-order valence-corrected chi connectivity index (χ1v) is 10.5. The van der Waals surface area contributed by atoms with Gasteiger partial charge in [-0.2, -0.15) is 0 Å². The van der Waals surface area contributed by atoms with E-state index in [2.05, 4.69) is 4.98 Å². The Kier molecular flexibility index (Phi) is 7.74. The lowest BCUT2D eigenvalue weighted by atomic mass is 10.1. The van der Waals surface area contributed by atoms with Crippen molar-refractivity contribution in [3.05, 3.63) is 90.5 Å². The number of H-pyrrole nitrogens is 1. The summed E-state index contributed by atoms with van der Waals surface area (Å²) in [6.45, 7) is 0.564. The molecule has 0 aliphatic heterocycles.